The molecule has 0 atom stereocenters. The third-order valence-electron chi connectivity index (χ3n) is 3.93. The van der Waals surface area contributed by atoms with Gasteiger partial charge in [0.2, 0.25) is 5.91 Å². The van der Waals surface area contributed by atoms with Crippen LogP contribution in [-0.4, -0.2) is 47.3 Å². The maximum absolute atomic E-state index is 11.8. The summed E-state index contributed by atoms with van der Waals surface area (Å²) in [5.74, 6) is 1.02. The van der Waals surface area contributed by atoms with Crippen LogP contribution in [0.4, 0.5) is 0 Å². The highest BCUT2D eigenvalue weighted by Crippen LogP contribution is 2.21. The molecule has 20 heavy (non-hydrogen) atoms. The topological polar surface area (TPSA) is 78.6 Å². The fourth-order valence-electron chi connectivity index (χ4n) is 2.63. The first kappa shape index (κ1) is 15.0. The number of piperidine rings is 1. The van der Waals surface area contributed by atoms with Gasteiger partial charge < -0.3 is 14.9 Å². The van der Waals surface area contributed by atoms with Crippen molar-refractivity contribution >= 4 is 5.91 Å². The van der Waals surface area contributed by atoms with Crippen LogP contribution >= 0.6 is 0 Å². The molecule has 0 saturated carbocycles. The van der Waals surface area contributed by atoms with E-state index in [1.807, 2.05) is 13.8 Å². The Bertz CT molecular complexity index is 431. The molecule has 0 aliphatic carbocycles. The number of nitrogens with zero attached hydrogens (tertiary/aromatic N) is 2. The summed E-state index contributed by atoms with van der Waals surface area (Å²) in [7, 11) is 0. The Morgan fingerprint density at radius 1 is 1.45 bits per heavy atom. The van der Waals surface area contributed by atoms with Gasteiger partial charge in [-0.05, 0) is 39.8 Å². The lowest BCUT2D eigenvalue weighted by atomic mass is 9.95. The van der Waals surface area contributed by atoms with Crippen molar-refractivity contribution in [1.29, 1.82) is 0 Å². The van der Waals surface area contributed by atoms with Gasteiger partial charge in [0, 0.05) is 24.6 Å². The lowest BCUT2D eigenvalue weighted by molar-refractivity contribution is -0.126. The van der Waals surface area contributed by atoms with Gasteiger partial charge in [0.15, 0.2) is 0 Å². The Morgan fingerprint density at radius 3 is 2.70 bits per heavy atom. The number of aryl methyl sites for hydroxylation is 2. The molecule has 2 heterocycles. The van der Waals surface area contributed by atoms with E-state index in [4.69, 9.17) is 9.63 Å². The molecule has 1 amide bonds. The maximum atomic E-state index is 11.8. The molecule has 6 heteroatoms. The molecule has 0 radical (unpaired) electrons. The summed E-state index contributed by atoms with van der Waals surface area (Å²) in [6, 6.07) is 0. The van der Waals surface area contributed by atoms with Crippen LogP contribution in [0.5, 0.6) is 0 Å². The minimum atomic E-state index is -0.00335. The second-order valence-electron chi connectivity index (χ2n) is 5.37. The molecule has 1 aromatic heterocycles. The van der Waals surface area contributed by atoms with Crippen molar-refractivity contribution in [3.63, 3.8) is 0 Å². The SMILES string of the molecule is Cc1noc(C)c1CN1CCC(C(=O)NCCO)CC1. The van der Waals surface area contributed by atoms with E-state index >= 15 is 0 Å². The molecule has 1 aliphatic heterocycles. The first-order valence-corrected chi connectivity index (χ1v) is 7.14. The Hall–Kier alpha value is -1.40. The average Bonchev–Trinajstić information content (AvgIpc) is 2.77. The smallest absolute Gasteiger partial charge is 0.223 e. The van der Waals surface area contributed by atoms with Gasteiger partial charge in [-0.1, -0.05) is 5.16 Å². The predicted octanol–water partition coefficient (Wildman–Crippen LogP) is 0.612. The second-order valence-corrected chi connectivity index (χ2v) is 5.37. The average molecular weight is 281 g/mol. The van der Waals surface area contributed by atoms with Crippen LogP contribution < -0.4 is 5.32 Å². The monoisotopic (exact) mass is 281 g/mol. The fraction of sp³-hybridized carbons (Fsp3) is 0.714. The van der Waals surface area contributed by atoms with E-state index in [-0.39, 0.29) is 18.4 Å². The number of aliphatic hydroxyl groups is 1. The number of rotatable bonds is 5. The van der Waals surface area contributed by atoms with Crippen LogP contribution in [0, 0.1) is 19.8 Å². The summed E-state index contributed by atoms with van der Waals surface area (Å²) in [6.45, 7) is 6.88. The number of nitrogens with one attached hydrogen (secondary N) is 1. The highest BCUT2D eigenvalue weighted by molar-refractivity contribution is 5.78. The van der Waals surface area contributed by atoms with Gasteiger partial charge in [-0.3, -0.25) is 9.69 Å². The Morgan fingerprint density at radius 2 is 2.15 bits per heavy atom. The molecule has 0 spiro atoms. The number of likely N-dealkylation sites (tertiary alicyclic amines) is 1. The van der Waals surface area contributed by atoms with Crippen LogP contribution in [0.25, 0.3) is 0 Å². The third kappa shape index (κ3) is 3.58. The largest absolute Gasteiger partial charge is 0.395 e. The molecule has 6 nitrogen and oxygen atoms in total. The van der Waals surface area contributed by atoms with Crippen molar-refractivity contribution in [3.05, 3.63) is 17.0 Å². The molecular weight excluding hydrogens is 258 g/mol. The summed E-state index contributed by atoms with van der Waals surface area (Å²) in [6.07, 6.45) is 1.72. The highest BCUT2D eigenvalue weighted by atomic mass is 16.5. The summed E-state index contributed by atoms with van der Waals surface area (Å²) >= 11 is 0. The number of hydrogen-bond acceptors (Lipinski definition) is 5. The van der Waals surface area contributed by atoms with Crippen molar-refractivity contribution in [1.82, 2.24) is 15.4 Å². The molecule has 0 bridgehead atoms. The molecular formula is C14H23N3O3. The Kier molecular flexibility index (Phi) is 5.14. The Balaban J connectivity index is 1.81. The highest BCUT2D eigenvalue weighted by Gasteiger charge is 2.25. The quantitative estimate of drug-likeness (QED) is 0.827. The van der Waals surface area contributed by atoms with Crippen LogP contribution in [0.1, 0.15) is 29.9 Å². The van der Waals surface area contributed by atoms with Crippen LogP contribution in [-0.2, 0) is 11.3 Å². The number of aliphatic hydroxyl groups excluding tert-OH is 1. The predicted molar refractivity (Wildman–Crippen MR) is 74.1 cm³/mol. The van der Waals surface area contributed by atoms with E-state index in [0.29, 0.717) is 6.54 Å². The summed E-state index contributed by atoms with van der Waals surface area (Å²) in [5, 5.41) is 15.4. The van der Waals surface area contributed by atoms with Crippen molar-refractivity contribution in [3.8, 4) is 0 Å². The van der Waals surface area contributed by atoms with E-state index in [1.165, 1.54) is 0 Å². The lowest BCUT2D eigenvalue weighted by Gasteiger charge is -2.31. The zero-order valence-electron chi connectivity index (χ0n) is 12.2. The van der Waals surface area contributed by atoms with Crippen molar-refractivity contribution < 1.29 is 14.4 Å². The molecule has 1 fully saturated rings. The normalized spacial score (nSPS) is 17.4. The number of carbonyl (C=O) groups is 1. The molecule has 112 valence electrons. The molecule has 0 unspecified atom stereocenters. The van der Waals surface area contributed by atoms with E-state index < -0.39 is 0 Å². The number of amides is 1. The molecule has 1 aromatic rings. The van der Waals surface area contributed by atoms with Crippen LogP contribution in [0.2, 0.25) is 0 Å². The third-order valence-corrected chi connectivity index (χ3v) is 3.93. The summed E-state index contributed by atoms with van der Waals surface area (Å²) in [4.78, 5) is 14.2. The van der Waals surface area contributed by atoms with E-state index in [0.717, 1.165) is 49.5 Å². The molecule has 0 aromatic carbocycles. The maximum Gasteiger partial charge on any atom is 0.223 e. The minimum Gasteiger partial charge on any atom is -0.395 e. The van der Waals surface area contributed by atoms with E-state index in [2.05, 4.69) is 15.4 Å². The molecule has 1 saturated heterocycles. The first-order valence-electron chi connectivity index (χ1n) is 7.14. The molecule has 2 rings (SSSR count). The molecule has 2 N–H and O–H groups in total. The van der Waals surface area contributed by atoms with Gasteiger partial charge in [0.1, 0.15) is 5.76 Å². The van der Waals surface area contributed by atoms with Crippen molar-refractivity contribution in [2.45, 2.75) is 33.2 Å². The molecule has 1 aliphatic rings. The zero-order chi connectivity index (χ0) is 14.5. The minimum absolute atomic E-state index is 0.00335. The van der Waals surface area contributed by atoms with Crippen molar-refractivity contribution in [2.75, 3.05) is 26.2 Å². The van der Waals surface area contributed by atoms with Gasteiger partial charge in [-0.2, -0.15) is 0 Å². The fourth-order valence-corrected chi connectivity index (χ4v) is 2.63. The summed E-state index contributed by atoms with van der Waals surface area (Å²) < 4.78 is 5.18. The zero-order valence-corrected chi connectivity index (χ0v) is 12.2. The second kappa shape index (κ2) is 6.85. The van der Waals surface area contributed by atoms with E-state index in [9.17, 15) is 4.79 Å². The van der Waals surface area contributed by atoms with E-state index in [1.54, 1.807) is 0 Å². The number of aromatic nitrogens is 1. The van der Waals surface area contributed by atoms with Gasteiger partial charge in [0.25, 0.3) is 0 Å². The van der Waals surface area contributed by atoms with Gasteiger partial charge >= 0.3 is 0 Å². The van der Waals surface area contributed by atoms with Crippen LogP contribution in [0.15, 0.2) is 4.52 Å². The lowest BCUT2D eigenvalue weighted by Crippen LogP contribution is -2.41. The Labute approximate surface area is 119 Å². The summed E-state index contributed by atoms with van der Waals surface area (Å²) in [5.41, 5.74) is 2.11. The number of carbonyl (C=O) groups excluding carboxylic acids is 1. The van der Waals surface area contributed by atoms with Crippen molar-refractivity contribution in [2.24, 2.45) is 5.92 Å². The standard InChI is InChI=1S/C14H23N3O3/c1-10-13(11(2)20-16-10)9-17-6-3-12(4-7-17)14(19)15-5-8-18/h12,18H,3-9H2,1-2H3,(H,15,19). The van der Waals surface area contributed by atoms with Gasteiger partial charge in [0.05, 0.1) is 12.3 Å². The first-order chi connectivity index (χ1) is 9.61. The van der Waals surface area contributed by atoms with Crippen LogP contribution in [0.3, 0.4) is 0 Å². The van der Waals surface area contributed by atoms with Gasteiger partial charge in [-0.25, -0.2) is 0 Å². The van der Waals surface area contributed by atoms with Gasteiger partial charge in [-0.15, -0.1) is 0 Å². The number of hydrogen-bond donors (Lipinski definition) is 2.